The molecule has 0 fully saturated rings. The smallest absolute Gasteiger partial charge is 0.214 e. The predicted molar refractivity (Wildman–Crippen MR) is 61.0 cm³/mol. The average molecular weight is 221 g/mol. The molecule has 0 saturated carbocycles. The van der Waals surface area contributed by atoms with Crippen molar-refractivity contribution in [3.63, 3.8) is 0 Å². The quantitative estimate of drug-likeness (QED) is 0.436. The third kappa shape index (κ3) is 3.15. The van der Waals surface area contributed by atoms with Crippen LogP contribution in [-0.2, 0) is 0 Å². The summed E-state index contributed by atoms with van der Waals surface area (Å²) in [5.41, 5.74) is 0.544. The Labute approximate surface area is 94.4 Å². The lowest BCUT2D eigenvalue weighted by atomic mass is 9.88. The van der Waals surface area contributed by atoms with Crippen LogP contribution in [0.3, 0.4) is 0 Å². The highest BCUT2D eigenvalue weighted by Crippen LogP contribution is 2.17. The van der Waals surface area contributed by atoms with E-state index in [9.17, 15) is 14.9 Å². The van der Waals surface area contributed by atoms with Crippen LogP contribution in [0.25, 0.3) is 0 Å². The first-order chi connectivity index (χ1) is 7.52. The lowest BCUT2D eigenvalue weighted by molar-refractivity contribution is -0.486. The van der Waals surface area contributed by atoms with Gasteiger partial charge in [0, 0.05) is 10.5 Å². The Hall–Kier alpha value is -1.71. The summed E-state index contributed by atoms with van der Waals surface area (Å²) in [4.78, 5) is 22.1. The minimum absolute atomic E-state index is 0.0295. The lowest BCUT2D eigenvalue weighted by Gasteiger charge is -2.15. The number of ketones is 1. The van der Waals surface area contributed by atoms with Crippen LogP contribution in [0.5, 0.6) is 0 Å². The molecule has 0 N–H and O–H groups in total. The molecule has 0 amide bonds. The topological polar surface area (TPSA) is 60.2 Å². The largest absolute Gasteiger partial charge is 0.294 e. The molecule has 1 unspecified atom stereocenters. The third-order valence-corrected chi connectivity index (χ3v) is 2.55. The molecule has 0 aliphatic heterocycles. The highest BCUT2D eigenvalue weighted by Gasteiger charge is 2.27. The summed E-state index contributed by atoms with van der Waals surface area (Å²) in [6.45, 7) is 3.36. The predicted octanol–water partition coefficient (Wildman–Crippen LogP) is 2.42. The van der Waals surface area contributed by atoms with Gasteiger partial charge in [0.1, 0.15) is 0 Å². The van der Waals surface area contributed by atoms with Crippen molar-refractivity contribution in [3.8, 4) is 0 Å². The van der Waals surface area contributed by atoms with Gasteiger partial charge in [0.2, 0.25) is 6.54 Å². The van der Waals surface area contributed by atoms with Crippen molar-refractivity contribution in [1.82, 2.24) is 0 Å². The Morgan fingerprint density at radius 2 is 1.88 bits per heavy atom. The fraction of sp³-hybridized carbons (Fsp3) is 0.417. The fourth-order valence-corrected chi connectivity index (χ4v) is 1.57. The number of benzene rings is 1. The van der Waals surface area contributed by atoms with Crippen molar-refractivity contribution in [1.29, 1.82) is 0 Å². The van der Waals surface area contributed by atoms with E-state index in [1.165, 1.54) is 0 Å². The van der Waals surface area contributed by atoms with E-state index in [1.54, 1.807) is 24.3 Å². The van der Waals surface area contributed by atoms with Gasteiger partial charge in [-0.25, -0.2) is 0 Å². The number of hydrogen-bond acceptors (Lipinski definition) is 3. The zero-order valence-corrected chi connectivity index (χ0v) is 9.42. The number of nitrogens with zero attached hydrogens (tertiary/aromatic N) is 1. The van der Waals surface area contributed by atoms with Gasteiger partial charge in [-0.1, -0.05) is 44.2 Å². The highest BCUT2D eigenvalue weighted by molar-refractivity contribution is 5.98. The van der Waals surface area contributed by atoms with Crippen molar-refractivity contribution < 1.29 is 9.72 Å². The first-order valence-corrected chi connectivity index (χ1v) is 5.23. The van der Waals surface area contributed by atoms with Crippen molar-refractivity contribution in [2.75, 3.05) is 6.54 Å². The van der Waals surface area contributed by atoms with Crippen LogP contribution in [0.4, 0.5) is 0 Å². The molecule has 1 aromatic carbocycles. The molecule has 86 valence electrons. The summed E-state index contributed by atoms with van der Waals surface area (Å²) in [5.74, 6) is -0.720. The summed E-state index contributed by atoms with van der Waals surface area (Å²) < 4.78 is 0. The summed E-state index contributed by atoms with van der Waals surface area (Å²) in [6, 6.07) is 8.72. The Bertz CT molecular complexity index is 373. The lowest BCUT2D eigenvalue weighted by Crippen LogP contribution is -2.28. The second-order valence-electron chi connectivity index (χ2n) is 4.10. The fourth-order valence-electron chi connectivity index (χ4n) is 1.57. The molecule has 0 spiro atoms. The Morgan fingerprint density at radius 1 is 1.31 bits per heavy atom. The maximum absolute atomic E-state index is 12.0. The molecular formula is C12H15NO3. The molecule has 0 aliphatic rings. The molecule has 0 heterocycles. The third-order valence-electron chi connectivity index (χ3n) is 2.55. The number of hydrogen-bond donors (Lipinski definition) is 0. The number of nitro groups is 1. The first-order valence-electron chi connectivity index (χ1n) is 5.23. The molecule has 0 saturated heterocycles. The first kappa shape index (κ1) is 12.4. The minimum atomic E-state index is -0.544. The summed E-state index contributed by atoms with van der Waals surface area (Å²) >= 11 is 0. The van der Waals surface area contributed by atoms with Gasteiger partial charge in [-0.15, -0.1) is 0 Å². The van der Waals surface area contributed by atoms with Crippen molar-refractivity contribution in [3.05, 3.63) is 46.0 Å². The van der Waals surface area contributed by atoms with E-state index in [0.29, 0.717) is 5.56 Å². The maximum atomic E-state index is 12.0. The Kier molecular flexibility index (Phi) is 4.17. The molecule has 1 rings (SSSR count). The van der Waals surface area contributed by atoms with Crippen LogP contribution in [0.2, 0.25) is 0 Å². The summed E-state index contributed by atoms with van der Waals surface area (Å²) in [7, 11) is 0. The Morgan fingerprint density at radius 3 is 2.31 bits per heavy atom. The van der Waals surface area contributed by atoms with Gasteiger partial charge >= 0.3 is 0 Å². The van der Waals surface area contributed by atoms with E-state index in [0.717, 1.165) is 0 Å². The molecule has 4 nitrogen and oxygen atoms in total. The van der Waals surface area contributed by atoms with Crippen LogP contribution >= 0.6 is 0 Å². The van der Waals surface area contributed by atoms with Crippen LogP contribution < -0.4 is 0 Å². The number of Topliss-reactive ketones (excluding diaryl/α,β-unsaturated/α-hetero) is 1. The van der Waals surface area contributed by atoms with Crippen molar-refractivity contribution >= 4 is 5.78 Å². The SMILES string of the molecule is CC(C)C(C[N+](=O)[O-])C(=O)c1ccccc1. The molecule has 0 bridgehead atoms. The molecule has 1 atom stereocenters. The zero-order valence-electron chi connectivity index (χ0n) is 9.42. The number of carbonyl (C=O) groups is 1. The molecule has 16 heavy (non-hydrogen) atoms. The monoisotopic (exact) mass is 221 g/mol. The van der Waals surface area contributed by atoms with E-state index in [2.05, 4.69) is 0 Å². The standard InChI is InChI=1S/C12H15NO3/c1-9(2)11(8-13(15)16)12(14)10-6-4-3-5-7-10/h3-7,9,11H,8H2,1-2H3. The molecule has 0 radical (unpaired) electrons. The average Bonchev–Trinajstić information content (AvgIpc) is 2.25. The van der Waals surface area contributed by atoms with E-state index >= 15 is 0 Å². The molecule has 0 aromatic heterocycles. The van der Waals surface area contributed by atoms with E-state index in [4.69, 9.17) is 0 Å². The molecule has 1 aromatic rings. The van der Waals surface area contributed by atoms with Gasteiger partial charge in [0.15, 0.2) is 5.78 Å². The van der Waals surface area contributed by atoms with Crippen LogP contribution in [-0.4, -0.2) is 17.3 Å². The van der Waals surface area contributed by atoms with Gasteiger partial charge in [0.25, 0.3) is 0 Å². The Balaban J connectivity index is 2.88. The zero-order chi connectivity index (χ0) is 12.1. The van der Waals surface area contributed by atoms with E-state index in [1.807, 2.05) is 19.9 Å². The number of carbonyl (C=O) groups excluding carboxylic acids is 1. The number of rotatable bonds is 5. The maximum Gasteiger partial charge on any atom is 0.214 e. The van der Waals surface area contributed by atoms with Gasteiger partial charge in [-0.2, -0.15) is 0 Å². The van der Waals surface area contributed by atoms with Crippen molar-refractivity contribution in [2.45, 2.75) is 13.8 Å². The van der Waals surface area contributed by atoms with Crippen LogP contribution in [0, 0.1) is 22.0 Å². The molecular weight excluding hydrogens is 206 g/mol. The van der Waals surface area contributed by atoms with Crippen molar-refractivity contribution in [2.24, 2.45) is 11.8 Å². The van der Waals surface area contributed by atoms with Gasteiger partial charge in [-0.05, 0) is 5.92 Å². The minimum Gasteiger partial charge on any atom is -0.294 e. The molecule has 0 aliphatic carbocycles. The molecule has 4 heteroatoms. The summed E-state index contributed by atoms with van der Waals surface area (Å²) in [6.07, 6.45) is 0. The van der Waals surface area contributed by atoms with Crippen LogP contribution in [0.15, 0.2) is 30.3 Å². The van der Waals surface area contributed by atoms with Crippen LogP contribution in [0.1, 0.15) is 24.2 Å². The normalized spacial score (nSPS) is 12.4. The van der Waals surface area contributed by atoms with E-state index in [-0.39, 0.29) is 18.2 Å². The highest BCUT2D eigenvalue weighted by atomic mass is 16.6. The second kappa shape index (κ2) is 5.39. The van der Waals surface area contributed by atoms with E-state index < -0.39 is 10.8 Å². The summed E-state index contributed by atoms with van der Waals surface area (Å²) in [5, 5.41) is 10.5. The van der Waals surface area contributed by atoms with Gasteiger partial charge in [0.05, 0.1) is 5.92 Å². The second-order valence-corrected chi connectivity index (χ2v) is 4.10. The van der Waals surface area contributed by atoms with Gasteiger partial charge < -0.3 is 0 Å². The van der Waals surface area contributed by atoms with Gasteiger partial charge in [-0.3, -0.25) is 14.9 Å².